The molecule has 0 aliphatic carbocycles. The maximum atomic E-state index is 10.5. The molecule has 0 atom stereocenters. The summed E-state index contributed by atoms with van der Waals surface area (Å²) in [7, 11) is 0. The lowest BCUT2D eigenvalue weighted by atomic mass is 10.3. The van der Waals surface area contributed by atoms with Gasteiger partial charge in [0.2, 0.25) is 0 Å². The molecule has 0 N–H and O–H groups in total. The van der Waals surface area contributed by atoms with E-state index in [1.54, 1.807) is 6.07 Å². The van der Waals surface area contributed by atoms with E-state index < -0.39 is 0 Å². The third-order valence-electron chi connectivity index (χ3n) is 2.13. The fourth-order valence-corrected chi connectivity index (χ4v) is 1.39. The van der Waals surface area contributed by atoms with Crippen LogP contribution in [0.25, 0.3) is 0 Å². The Morgan fingerprint density at radius 1 is 1.36 bits per heavy atom. The van der Waals surface area contributed by atoms with E-state index in [1.165, 1.54) is 6.33 Å². The lowest BCUT2D eigenvalue weighted by molar-refractivity contribution is 0.111. The number of hydrogen-bond donors (Lipinski definition) is 0. The van der Waals surface area contributed by atoms with Crippen LogP contribution in [0.15, 0.2) is 12.4 Å². The molecule has 0 bridgehead atoms. The Morgan fingerprint density at radius 3 is 2.86 bits per heavy atom. The monoisotopic (exact) mass is 193 g/mol. The Hall–Kier alpha value is -1.49. The van der Waals surface area contributed by atoms with Crippen molar-refractivity contribution in [1.29, 1.82) is 0 Å². The third kappa shape index (κ3) is 1.88. The molecule has 74 valence electrons. The second-order valence-electron chi connectivity index (χ2n) is 3.02. The molecule has 14 heavy (non-hydrogen) atoms. The van der Waals surface area contributed by atoms with Crippen LogP contribution in [0.5, 0.6) is 0 Å². The van der Waals surface area contributed by atoms with E-state index in [1.807, 2.05) is 0 Å². The van der Waals surface area contributed by atoms with Gasteiger partial charge in [0.15, 0.2) is 6.29 Å². The molecule has 0 radical (unpaired) electrons. The lowest BCUT2D eigenvalue weighted by Gasteiger charge is -2.27. The van der Waals surface area contributed by atoms with Gasteiger partial charge in [0.05, 0.1) is 13.2 Å². The zero-order valence-corrected chi connectivity index (χ0v) is 7.72. The van der Waals surface area contributed by atoms with Crippen molar-refractivity contribution >= 4 is 12.1 Å². The molecule has 1 aromatic heterocycles. The normalized spacial score (nSPS) is 16.7. The number of morpholine rings is 1. The van der Waals surface area contributed by atoms with Gasteiger partial charge in [-0.3, -0.25) is 4.79 Å². The Morgan fingerprint density at radius 2 is 2.14 bits per heavy atom. The van der Waals surface area contributed by atoms with Gasteiger partial charge in [-0.25, -0.2) is 9.97 Å². The molecule has 0 unspecified atom stereocenters. The molecule has 2 heterocycles. The van der Waals surface area contributed by atoms with E-state index in [0.717, 1.165) is 25.2 Å². The molecule has 0 aromatic carbocycles. The SMILES string of the molecule is O=Cc1cc(N2CCOCC2)ncn1. The Kier molecular flexibility index (Phi) is 2.69. The van der Waals surface area contributed by atoms with Crippen molar-refractivity contribution in [3.05, 3.63) is 18.1 Å². The maximum absolute atomic E-state index is 10.5. The highest BCUT2D eigenvalue weighted by atomic mass is 16.5. The van der Waals surface area contributed by atoms with Gasteiger partial charge in [-0.15, -0.1) is 0 Å². The summed E-state index contributed by atoms with van der Waals surface area (Å²) < 4.78 is 5.22. The number of nitrogens with zero attached hydrogens (tertiary/aromatic N) is 3. The van der Waals surface area contributed by atoms with Gasteiger partial charge in [-0.2, -0.15) is 0 Å². The summed E-state index contributed by atoms with van der Waals surface area (Å²) in [5.41, 5.74) is 0.418. The van der Waals surface area contributed by atoms with Crippen molar-refractivity contribution in [2.24, 2.45) is 0 Å². The van der Waals surface area contributed by atoms with E-state index in [4.69, 9.17) is 4.74 Å². The molecule has 1 aliphatic heterocycles. The van der Waals surface area contributed by atoms with E-state index in [0.29, 0.717) is 18.9 Å². The van der Waals surface area contributed by atoms with Crippen molar-refractivity contribution < 1.29 is 9.53 Å². The van der Waals surface area contributed by atoms with Crippen LogP contribution in [0.1, 0.15) is 10.5 Å². The van der Waals surface area contributed by atoms with Gasteiger partial charge in [-0.05, 0) is 0 Å². The number of carbonyl (C=O) groups excluding carboxylic acids is 1. The van der Waals surface area contributed by atoms with Crippen LogP contribution in [0.4, 0.5) is 5.82 Å². The molecular formula is C9H11N3O2. The number of carbonyl (C=O) groups is 1. The van der Waals surface area contributed by atoms with Crippen LogP contribution in [0.3, 0.4) is 0 Å². The average Bonchev–Trinajstić information content (AvgIpc) is 2.30. The van der Waals surface area contributed by atoms with Gasteiger partial charge >= 0.3 is 0 Å². The zero-order valence-electron chi connectivity index (χ0n) is 7.72. The molecule has 2 rings (SSSR count). The second kappa shape index (κ2) is 4.15. The highest BCUT2D eigenvalue weighted by Gasteiger charge is 2.12. The van der Waals surface area contributed by atoms with Crippen LogP contribution in [0, 0.1) is 0 Å². The van der Waals surface area contributed by atoms with Crippen molar-refractivity contribution in [3.63, 3.8) is 0 Å². The Bertz CT molecular complexity index is 324. The third-order valence-corrected chi connectivity index (χ3v) is 2.13. The van der Waals surface area contributed by atoms with Gasteiger partial charge in [-0.1, -0.05) is 0 Å². The standard InChI is InChI=1S/C9H11N3O2/c13-6-8-5-9(11-7-10-8)12-1-3-14-4-2-12/h5-7H,1-4H2. The van der Waals surface area contributed by atoms with E-state index in [-0.39, 0.29) is 0 Å². The molecule has 1 saturated heterocycles. The summed E-state index contributed by atoms with van der Waals surface area (Å²) in [4.78, 5) is 20.5. The summed E-state index contributed by atoms with van der Waals surface area (Å²) in [6, 6.07) is 1.69. The molecular weight excluding hydrogens is 182 g/mol. The number of ether oxygens (including phenoxy) is 1. The van der Waals surface area contributed by atoms with Gasteiger partial charge in [0.1, 0.15) is 17.8 Å². The highest BCUT2D eigenvalue weighted by molar-refractivity contribution is 5.73. The number of hydrogen-bond acceptors (Lipinski definition) is 5. The van der Waals surface area contributed by atoms with Gasteiger partial charge < -0.3 is 9.64 Å². The molecule has 5 heteroatoms. The van der Waals surface area contributed by atoms with Crippen LogP contribution in [-0.2, 0) is 4.74 Å². The van der Waals surface area contributed by atoms with Gasteiger partial charge in [0, 0.05) is 19.2 Å². The minimum atomic E-state index is 0.418. The van der Waals surface area contributed by atoms with E-state index >= 15 is 0 Å². The number of aromatic nitrogens is 2. The summed E-state index contributed by atoms with van der Waals surface area (Å²) in [5.74, 6) is 0.797. The smallest absolute Gasteiger partial charge is 0.168 e. The van der Waals surface area contributed by atoms with Gasteiger partial charge in [0.25, 0.3) is 0 Å². The topological polar surface area (TPSA) is 55.3 Å². The van der Waals surface area contributed by atoms with Crippen LogP contribution in [0.2, 0.25) is 0 Å². The molecule has 0 saturated carbocycles. The molecule has 1 aromatic rings. The number of anilines is 1. The zero-order chi connectivity index (χ0) is 9.80. The van der Waals surface area contributed by atoms with Crippen molar-refractivity contribution in [1.82, 2.24) is 9.97 Å². The average molecular weight is 193 g/mol. The largest absolute Gasteiger partial charge is 0.378 e. The minimum Gasteiger partial charge on any atom is -0.378 e. The predicted molar refractivity (Wildman–Crippen MR) is 50.5 cm³/mol. The fourth-order valence-electron chi connectivity index (χ4n) is 1.39. The number of rotatable bonds is 2. The minimum absolute atomic E-state index is 0.418. The lowest BCUT2D eigenvalue weighted by Crippen LogP contribution is -2.36. The Balaban J connectivity index is 2.17. The maximum Gasteiger partial charge on any atom is 0.168 e. The number of aldehydes is 1. The van der Waals surface area contributed by atoms with Crippen LogP contribution >= 0.6 is 0 Å². The summed E-state index contributed by atoms with van der Waals surface area (Å²) in [6.45, 7) is 3.05. The molecule has 1 fully saturated rings. The fraction of sp³-hybridized carbons (Fsp3) is 0.444. The van der Waals surface area contributed by atoms with Crippen molar-refractivity contribution in [2.45, 2.75) is 0 Å². The van der Waals surface area contributed by atoms with Crippen LogP contribution < -0.4 is 4.90 Å². The first kappa shape index (κ1) is 9.08. The van der Waals surface area contributed by atoms with Crippen molar-refractivity contribution in [3.8, 4) is 0 Å². The molecule has 5 nitrogen and oxygen atoms in total. The first-order valence-corrected chi connectivity index (χ1v) is 4.50. The quantitative estimate of drug-likeness (QED) is 0.625. The molecule has 0 spiro atoms. The van der Waals surface area contributed by atoms with Crippen molar-refractivity contribution in [2.75, 3.05) is 31.2 Å². The predicted octanol–water partition coefficient (Wildman–Crippen LogP) is 0.126. The molecule has 1 aliphatic rings. The van der Waals surface area contributed by atoms with Crippen LogP contribution in [-0.4, -0.2) is 42.6 Å². The molecule has 0 amide bonds. The summed E-state index contributed by atoms with van der Waals surface area (Å²) in [6.07, 6.45) is 2.14. The second-order valence-corrected chi connectivity index (χ2v) is 3.02. The van der Waals surface area contributed by atoms with E-state index in [9.17, 15) is 4.79 Å². The summed E-state index contributed by atoms with van der Waals surface area (Å²) in [5, 5.41) is 0. The Labute approximate surface area is 81.7 Å². The van der Waals surface area contributed by atoms with E-state index in [2.05, 4.69) is 14.9 Å². The highest BCUT2D eigenvalue weighted by Crippen LogP contribution is 2.11. The first-order chi connectivity index (χ1) is 6.90. The first-order valence-electron chi connectivity index (χ1n) is 4.50. The summed E-state index contributed by atoms with van der Waals surface area (Å²) >= 11 is 0.